The first-order valence-electron chi connectivity index (χ1n) is 43.0. The lowest BCUT2D eigenvalue weighted by molar-refractivity contribution is -0.143. The third-order valence-electron chi connectivity index (χ3n) is 24.5. The number of carbonyl (C=O) groups is 6. The molecule has 6 aliphatic heterocycles. The summed E-state index contributed by atoms with van der Waals surface area (Å²) < 4.78 is 165. The van der Waals surface area contributed by atoms with E-state index in [-0.39, 0.29) is 145 Å². The lowest BCUT2D eigenvalue weighted by Gasteiger charge is -2.35. The predicted octanol–water partition coefficient (Wildman–Crippen LogP) is 5.54. The van der Waals surface area contributed by atoms with Crippen LogP contribution >= 0.6 is 0 Å². The van der Waals surface area contributed by atoms with Gasteiger partial charge in [0, 0.05) is 167 Å². The van der Waals surface area contributed by atoms with Gasteiger partial charge in [-0.1, -0.05) is 18.2 Å². The van der Waals surface area contributed by atoms with Crippen molar-refractivity contribution in [2.24, 2.45) is 42.3 Å². The number of aromatic nitrogens is 6. The van der Waals surface area contributed by atoms with E-state index in [1.54, 1.807) is 93.0 Å². The Bertz CT molecular complexity index is 5910. The number of nitrogens with one attached hydrogen (secondary N) is 3. The Kier molecular flexibility index (Phi) is 30.3. The summed E-state index contributed by atoms with van der Waals surface area (Å²) in [4.78, 5) is 160. The van der Waals surface area contributed by atoms with Gasteiger partial charge in [0.15, 0.2) is 34.5 Å². The number of anilines is 3. The molecule has 3 aromatic heterocycles. The molecule has 0 aliphatic carbocycles. The van der Waals surface area contributed by atoms with E-state index < -0.39 is 139 Å². The van der Waals surface area contributed by atoms with Gasteiger partial charge in [-0.3, -0.25) is 42.5 Å². The normalized spacial score (nSPS) is 16.7. The number of morpholine rings is 3. The predicted molar refractivity (Wildman–Crippen MR) is 477 cm³/mol. The van der Waals surface area contributed by atoms with Crippen LogP contribution in [0.15, 0.2) is 102 Å². The van der Waals surface area contributed by atoms with Gasteiger partial charge in [0.2, 0.25) is 0 Å². The number of benzene rings is 6. The van der Waals surface area contributed by atoms with Crippen molar-refractivity contribution in [3.8, 4) is 67.9 Å². The van der Waals surface area contributed by atoms with Gasteiger partial charge in [-0.25, -0.2) is 55.1 Å². The summed E-state index contributed by atoms with van der Waals surface area (Å²) in [5.74, 6) is -11.2. The van der Waals surface area contributed by atoms with Crippen molar-refractivity contribution >= 4 is 52.7 Å². The van der Waals surface area contributed by atoms with E-state index in [2.05, 4.69) is 16.0 Å². The third-order valence-corrected chi connectivity index (χ3v) is 24.5. The lowest BCUT2D eigenvalue weighted by Crippen LogP contribution is -2.44. The van der Waals surface area contributed by atoms with Gasteiger partial charge in [-0.05, 0) is 96.1 Å². The lowest BCUT2D eigenvalue weighted by atomic mass is 9.97. The van der Waals surface area contributed by atoms with Crippen LogP contribution in [0.25, 0.3) is 33.4 Å². The molecule has 9 aromatic rings. The molecule has 135 heavy (non-hydrogen) atoms. The largest absolute Gasteiger partial charge is 0.486 e. The Labute approximate surface area is 767 Å². The highest BCUT2D eigenvalue weighted by atomic mass is 19.2. The van der Waals surface area contributed by atoms with Crippen LogP contribution in [0.3, 0.4) is 0 Å². The Hall–Kier alpha value is -14.2. The molecule has 3 N–H and O–H groups in total. The monoisotopic (exact) mass is 1880 g/mol. The van der Waals surface area contributed by atoms with Gasteiger partial charge < -0.3 is 101 Å². The van der Waals surface area contributed by atoms with E-state index in [1.807, 2.05) is 20.8 Å². The zero-order valence-electron chi connectivity index (χ0n) is 76.7. The molecule has 6 atom stereocenters. The molecule has 3 fully saturated rings. The van der Waals surface area contributed by atoms with Crippen LogP contribution < -0.4 is 92.8 Å². The molecule has 720 valence electrons. The summed E-state index contributed by atoms with van der Waals surface area (Å²) in [6.45, 7) is 15.2. The first kappa shape index (κ1) is 98.3. The van der Waals surface area contributed by atoms with Crippen molar-refractivity contribution in [2.75, 3.05) is 135 Å². The molecule has 0 unspecified atom stereocenters. The van der Waals surface area contributed by atoms with Crippen molar-refractivity contribution in [2.45, 2.75) is 97.1 Å². The quantitative estimate of drug-likeness (QED) is 0.0451. The highest BCUT2D eigenvalue weighted by Crippen LogP contribution is 2.47. The Morgan fingerprint density at radius 2 is 0.570 bits per heavy atom. The number of amides is 3. The second-order valence-corrected chi connectivity index (χ2v) is 32.8. The fourth-order valence-electron chi connectivity index (χ4n) is 16.9. The zero-order chi connectivity index (χ0) is 97.7. The maximum Gasteiger partial charge on any atom is 0.330 e. The molecule has 0 spiro atoms. The van der Waals surface area contributed by atoms with Crippen LogP contribution in [0.5, 0.6) is 34.5 Å². The minimum Gasteiger partial charge on any atom is -0.486 e. The van der Waals surface area contributed by atoms with Crippen molar-refractivity contribution in [3.05, 3.63) is 221 Å². The van der Waals surface area contributed by atoms with Gasteiger partial charge in [0.05, 0.1) is 77.7 Å². The Morgan fingerprint density at radius 3 is 0.785 bits per heavy atom. The zero-order valence-corrected chi connectivity index (χ0v) is 76.7. The number of carbonyl (C=O) groups excluding carboxylic acids is 6. The molecule has 6 aliphatic rings. The van der Waals surface area contributed by atoms with Crippen LogP contribution in [0.2, 0.25) is 0 Å². The van der Waals surface area contributed by atoms with Gasteiger partial charge in [-0.2, -0.15) is 0 Å². The van der Waals surface area contributed by atoms with Crippen LogP contribution in [-0.2, 0) is 104 Å². The highest BCUT2D eigenvalue weighted by Gasteiger charge is 2.38. The molecule has 36 nitrogen and oxygen atoms in total. The molecule has 6 aromatic carbocycles. The smallest absolute Gasteiger partial charge is 0.330 e. The molecule has 3 saturated heterocycles. The summed E-state index contributed by atoms with van der Waals surface area (Å²) in [5, 5.41) is 7.20. The number of rotatable bonds is 21. The summed E-state index contributed by atoms with van der Waals surface area (Å²) >= 11 is 0. The van der Waals surface area contributed by atoms with Crippen LogP contribution in [-0.4, -0.2) is 220 Å². The number of ether oxygens (including phenoxy) is 12. The minimum absolute atomic E-state index is 0.120. The molecule has 0 bridgehead atoms. The van der Waals surface area contributed by atoms with Gasteiger partial charge in [0.1, 0.15) is 109 Å². The molecule has 42 heteroatoms. The Balaban J connectivity index is 0.000000171. The van der Waals surface area contributed by atoms with Gasteiger partial charge >= 0.3 is 35.0 Å². The van der Waals surface area contributed by atoms with Crippen LogP contribution in [0.4, 0.5) is 43.4 Å². The fraction of sp³-hybridized carbons (Fsp3) is 0.419. The summed E-state index contributed by atoms with van der Waals surface area (Å²) in [6, 6.07) is 11.6. The molecule has 3 amide bonds. The van der Waals surface area contributed by atoms with Gasteiger partial charge in [-0.15, -0.1) is 0 Å². The minimum atomic E-state index is -1.37. The van der Waals surface area contributed by atoms with Crippen molar-refractivity contribution in [3.63, 3.8) is 0 Å². The van der Waals surface area contributed by atoms with E-state index in [9.17, 15) is 57.5 Å². The number of nitrogens with zero attached hydrogens (tertiary/aromatic N) is 9. The second-order valence-electron chi connectivity index (χ2n) is 32.8. The molecule has 0 radical (unpaired) electrons. The topological polar surface area (TPSA) is 391 Å². The Morgan fingerprint density at radius 1 is 0.348 bits per heavy atom. The number of esters is 3. The van der Waals surface area contributed by atoms with Crippen LogP contribution in [0.1, 0.15) is 85.6 Å². The number of hydrogen-bond acceptors (Lipinski definition) is 27. The number of fused-ring (bicyclic) bond motifs is 3. The fourth-order valence-corrected chi connectivity index (χ4v) is 16.9. The second kappa shape index (κ2) is 41.5. The van der Waals surface area contributed by atoms with Gasteiger partial charge in [0.25, 0.3) is 34.4 Å². The maximum atomic E-state index is 15.2. The average molecular weight is 1890 g/mol. The molecular formula is C93H102F6N12O24. The molecule has 0 saturated carbocycles. The first-order valence-corrected chi connectivity index (χ1v) is 43.0. The number of hydrogen-bond donors (Lipinski definition) is 3. The summed E-state index contributed by atoms with van der Waals surface area (Å²) in [7, 11) is 12.1. The number of methoxy groups -OCH3 is 3. The van der Waals surface area contributed by atoms with Crippen molar-refractivity contribution in [1.82, 2.24) is 43.4 Å². The molecule has 9 heterocycles. The molecule has 15 rings (SSSR count). The van der Waals surface area contributed by atoms with Crippen LogP contribution in [0, 0.1) is 55.7 Å². The van der Waals surface area contributed by atoms with Crippen molar-refractivity contribution < 1.29 is 112 Å². The van der Waals surface area contributed by atoms with E-state index >= 15 is 26.3 Å². The molecular weight excluding hydrogens is 1780 g/mol. The first-order chi connectivity index (χ1) is 64.3. The standard InChI is InChI=1S/3C31H34F2N4O8/c3*1-16-15-43-9-8-37(16)19-13-21(32)25(22(33)14-19)28(38)34-23(30(40)42-5)12-18-6-7-20(27-26(18)44-10-11-45-27)24-17(2)35(3)31(41)36(4)29(24)39/h3*6-7,13-14,16,23H,8-12,15H2,1-5H3,(H,34,38)/t3*16-,23-/m000/s1. The maximum absolute atomic E-state index is 15.2. The summed E-state index contributed by atoms with van der Waals surface area (Å²) in [5.41, 5.74) is -0.515. The van der Waals surface area contributed by atoms with Crippen molar-refractivity contribution in [1.29, 1.82) is 0 Å². The number of halogens is 6. The SMILES string of the molecule is COC(=O)[C@H](Cc1ccc(-c2c(C)n(C)c(=O)n(C)c2=O)c2c1OCCO2)NC(=O)c1c(F)cc(N2CCOC[C@@H]2C)cc1F.COC(=O)[C@H](Cc1ccc(-c2c(C)n(C)c(=O)n(C)c2=O)c2c1OCCO2)NC(=O)c1c(F)cc(N2CCOC[C@@H]2C)cc1F.COC(=O)[C@H](Cc1ccc(-c2c(C)n(C)c(=O)n(C)c2=O)c2c1OCCO2)NC(=O)c1c(F)cc(N2CCOC[C@@H]2C)cc1F. The third kappa shape index (κ3) is 19.9. The van der Waals surface area contributed by atoms with E-state index in [0.29, 0.717) is 110 Å². The average Bonchev–Trinajstić information content (AvgIpc) is 0.758. The summed E-state index contributed by atoms with van der Waals surface area (Å²) in [6.07, 6.45) is -0.580. The van der Waals surface area contributed by atoms with E-state index in [0.717, 1.165) is 71.4 Å². The van der Waals surface area contributed by atoms with E-state index in [1.165, 1.54) is 34.8 Å². The highest BCUT2D eigenvalue weighted by molar-refractivity contribution is 6.00. The van der Waals surface area contributed by atoms with E-state index in [4.69, 9.17) is 56.8 Å².